The number of nitrogens with zero attached hydrogens (tertiary/aromatic N) is 2. The Morgan fingerprint density at radius 2 is 2.38 bits per heavy atom. The number of hydrogen-bond acceptors (Lipinski definition) is 3. The van der Waals surface area contributed by atoms with Gasteiger partial charge in [0.2, 0.25) is 0 Å². The molecule has 2 aromatic rings. The molecule has 0 aliphatic heterocycles. The summed E-state index contributed by atoms with van der Waals surface area (Å²) in [5.74, 6) is -0.0539. The molecule has 0 aliphatic rings. The van der Waals surface area contributed by atoms with Gasteiger partial charge in [-0.25, -0.2) is 9.78 Å². The van der Waals surface area contributed by atoms with Gasteiger partial charge < -0.3 is 5.11 Å². The number of carboxylic acid groups (broad SMARTS) is 1. The number of aromatic nitrogens is 2. The average molecular weight is 236 g/mol. The fourth-order valence-corrected chi connectivity index (χ4v) is 2.35. The van der Waals surface area contributed by atoms with E-state index in [1.807, 2.05) is 12.1 Å². The van der Waals surface area contributed by atoms with Crippen molar-refractivity contribution >= 4 is 23.4 Å². The Labute approximate surface area is 97.3 Å². The van der Waals surface area contributed by atoms with Gasteiger partial charge in [0.25, 0.3) is 0 Å². The standard InChI is InChI=1S/C11H12N2O2S/c1-2-7-16-10-9(11(14)15)13-6-4-3-5-8(13)12-10/h3-6H,2,7H2,1H3,(H,14,15). The predicted molar refractivity (Wildman–Crippen MR) is 63.2 cm³/mol. The van der Waals surface area contributed by atoms with Crippen LogP contribution in [0.4, 0.5) is 0 Å². The Hall–Kier alpha value is -1.49. The largest absolute Gasteiger partial charge is 0.476 e. The maximum Gasteiger partial charge on any atom is 0.355 e. The lowest BCUT2D eigenvalue weighted by molar-refractivity contribution is 0.0685. The predicted octanol–water partition coefficient (Wildman–Crippen LogP) is 2.53. The van der Waals surface area contributed by atoms with Crippen LogP contribution in [0.2, 0.25) is 0 Å². The van der Waals surface area contributed by atoms with Crippen LogP contribution in [-0.2, 0) is 0 Å². The van der Waals surface area contributed by atoms with Crippen LogP contribution >= 0.6 is 11.8 Å². The minimum Gasteiger partial charge on any atom is -0.476 e. The third-order valence-corrected chi connectivity index (χ3v) is 3.31. The number of fused-ring (bicyclic) bond motifs is 1. The molecule has 0 spiro atoms. The van der Waals surface area contributed by atoms with Gasteiger partial charge in [0.05, 0.1) is 0 Å². The molecule has 2 aromatic heterocycles. The van der Waals surface area contributed by atoms with Crippen molar-refractivity contribution in [2.45, 2.75) is 18.4 Å². The van der Waals surface area contributed by atoms with Crippen LogP contribution in [0.15, 0.2) is 29.4 Å². The molecule has 0 bridgehead atoms. The summed E-state index contributed by atoms with van der Waals surface area (Å²) in [4.78, 5) is 15.5. The third kappa shape index (κ3) is 1.90. The van der Waals surface area contributed by atoms with Crippen molar-refractivity contribution in [1.29, 1.82) is 0 Å². The lowest BCUT2D eigenvalue weighted by atomic mass is 10.4. The minimum absolute atomic E-state index is 0.258. The van der Waals surface area contributed by atoms with Crippen molar-refractivity contribution in [2.24, 2.45) is 0 Å². The molecule has 0 atom stereocenters. The van der Waals surface area contributed by atoms with Crippen LogP contribution in [0.1, 0.15) is 23.8 Å². The summed E-state index contributed by atoms with van der Waals surface area (Å²) in [6.45, 7) is 2.06. The summed E-state index contributed by atoms with van der Waals surface area (Å²) in [6, 6.07) is 5.46. The number of thioether (sulfide) groups is 1. The topological polar surface area (TPSA) is 54.6 Å². The second kappa shape index (κ2) is 4.57. The first-order valence-electron chi connectivity index (χ1n) is 5.07. The molecule has 0 aliphatic carbocycles. The van der Waals surface area contributed by atoms with Crippen LogP contribution in [0, 0.1) is 0 Å². The summed E-state index contributed by atoms with van der Waals surface area (Å²) in [7, 11) is 0. The highest BCUT2D eigenvalue weighted by atomic mass is 32.2. The van der Waals surface area contributed by atoms with Crippen LogP contribution < -0.4 is 0 Å². The number of carbonyl (C=O) groups is 1. The van der Waals surface area contributed by atoms with Gasteiger partial charge in [-0.15, -0.1) is 11.8 Å². The third-order valence-electron chi connectivity index (χ3n) is 2.14. The van der Waals surface area contributed by atoms with Crippen LogP contribution in [0.3, 0.4) is 0 Å². The molecule has 4 nitrogen and oxygen atoms in total. The molecule has 0 aromatic carbocycles. The lowest BCUT2D eigenvalue weighted by Crippen LogP contribution is -2.02. The number of hydrogen-bond donors (Lipinski definition) is 1. The van der Waals surface area contributed by atoms with Gasteiger partial charge in [0.15, 0.2) is 5.69 Å². The highest BCUT2D eigenvalue weighted by molar-refractivity contribution is 7.99. The van der Waals surface area contributed by atoms with E-state index in [1.165, 1.54) is 11.8 Å². The van der Waals surface area contributed by atoms with Crippen molar-refractivity contribution in [2.75, 3.05) is 5.75 Å². The zero-order valence-electron chi connectivity index (χ0n) is 8.88. The Kier molecular flexibility index (Phi) is 3.14. The van der Waals surface area contributed by atoms with Crippen molar-refractivity contribution in [3.63, 3.8) is 0 Å². The van der Waals surface area contributed by atoms with Gasteiger partial charge in [0, 0.05) is 6.20 Å². The molecule has 0 saturated heterocycles. The lowest BCUT2D eigenvalue weighted by Gasteiger charge is -1.98. The highest BCUT2D eigenvalue weighted by Gasteiger charge is 2.17. The molecule has 0 fully saturated rings. The van der Waals surface area contributed by atoms with E-state index in [9.17, 15) is 9.90 Å². The number of rotatable bonds is 4. The van der Waals surface area contributed by atoms with E-state index in [0.717, 1.165) is 12.2 Å². The normalized spacial score (nSPS) is 10.8. The van der Waals surface area contributed by atoms with Gasteiger partial charge in [-0.3, -0.25) is 4.40 Å². The monoisotopic (exact) mass is 236 g/mol. The van der Waals surface area contributed by atoms with E-state index < -0.39 is 5.97 Å². The smallest absolute Gasteiger partial charge is 0.355 e. The number of aromatic carboxylic acids is 1. The summed E-state index contributed by atoms with van der Waals surface area (Å²) in [6.07, 6.45) is 2.72. The van der Waals surface area contributed by atoms with Gasteiger partial charge in [-0.2, -0.15) is 0 Å². The molecule has 0 radical (unpaired) electrons. The minimum atomic E-state index is -0.933. The quantitative estimate of drug-likeness (QED) is 0.829. The van der Waals surface area contributed by atoms with Crippen molar-refractivity contribution < 1.29 is 9.90 Å². The molecular formula is C11H12N2O2S. The first-order valence-corrected chi connectivity index (χ1v) is 6.05. The highest BCUT2D eigenvalue weighted by Crippen LogP contribution is 2.23. The maximum atomic E-state index is 11.2. The Morgan fingerprint density at radius 1 is 1.56 bits per heavy atom. The van der Waals surface area contributed by atoms with Crippen LogP contribution in [0.5, 0.6) is 0 Å². The second-order valence-corrected chi connectivity index (χ2v) is 4.43. The number of carboxylic acids is 1. The Balaban J connectivity index is 2.54. The van der Waals surface area contributed by atoms with Gasteiger partial charge >= 0.3 is 5.97 Å². The fourth-order valence-electron chi connectivity index (χ4n) is 1.47. The van der Waals surface area contributed by atoms with E-state index >= 15 is 0 Å². The van der Waals surface area contributed by atoms with E-state index in [-0.39, 0.29) is 5.69 Å². The number of imidazole rings is 1. The van der Waals surface area contributed by atoms with E-state index in [2.05, 4.69) is 11.9 Å². The zero-order valence-corrected chi connectivity index (χ0v) is 9.70. The zero-order chi connectivity index (χ0) is 11.5. The molecular weight excluding hydrogens is 224 g/mol. The molecule has 1 N–H and O–H groups in total. The van der Waals surface area contributed by atoms with Crippen molar-refractivity contribution in [3.05, 3.63) is 30.1 Å². The number of pyridine rings is 1. The first-order chi connectivity index (χ1) is 7.74. The van der Waals surface area contributed by atoms with E-state index in [4.69, 9.17) is 0 Å². The molecule has 84 valence electrons. The van der Waals surface area contributed by atoms with E-state index in [1.54, 1.807) is 16.7 Å². The van der Waals surface area contributed by atoms with Crippen molar-refractivity contribution in [3.8, 4) is 0 Å². The van der Waals surface area contributed by atoms with Gasteiger partial charge in [-0.1, -0.05) is 13.0 Å². The van der Waals surface area contributed by atoms with Gasteiger partial charge in [0.1, 0.15) is 10.7 Å². The SMILES string of the molecule is CCCSc1nc2ccccn2c1C(=O)O. The van der Waals surface area contributed by atoms with E-state index in [0.29, 0.717) is 10.7 Å². The molecule has 0 saturated carbocycles. The average Bonchev–Trinajstić information content (AvgIpc) is 2.64. The second-order valence-electron chi connectivity index (χ2n) is 3.35. The van der Waals surface area contributed by atoms with Gasteiger partial charge in [-0.05, 0) is 24.3 Å². The van der Waals surface area contributed by atoms with Crippen LogP contribution in [0.25, 0.3) is 5.65 Å². The molecule has 2 heterocycles. The maximum absolute atomic E-state index is 11.2. The summed E-state index contributed by atoms with van der Waals surface area (Å²) in [5.41, 5.74) is 0.938. The molecule has 16 heavy (non-hydrogen) atoms. The Morgan fingerprint density at radius 3 is 3.06 bits per heavy atom. The molecule has 2 rings (SSSR count). The fraction of sp³-hybridized carbons (Fsp3) is 0.273. The molecule has 0 amide bonds. The van der Waals surface area contributed by atoms with Crippen molar-refractivity contribution in [1.82, 2.24) is 9.38 Å². The summed E-state index contributed by atoms with van der Waals surface area (Å²) in [5, 5.41) is 9.78. The summed E-state index contributed by atoms with van der Waals surface area (Å²) < 4.78 is 1.61. The Bertz CT molecular complexity index is 522. The first kappa shape index (κ1) is 11.0. The van der Waals surface area contributed by atoms with Crippen LogP contribution in [-0.4, -0.2) is 26.2 Å². The molecule has 5 heteroatoms. The summed E-state index contributed by atoms with van der Waals surface area (Å²) >= 11 is 1.49. The molecule has 0 unspecified atom stereocenters.